The second-order valence-electron chi connectivity index (χ2n) is 7.49. The number of amides is 3. The van der Waals surface area contributed by atoms with E-state index in [2.05, 4.69) is 24.5 Å². The second-order valence-corrected chi connectivity index (χ2v) is 8.76. The molecule has 0 aromatic rings. The van der Waals surface area contributed by atoms with Crippen LogP contribution < -0.4 is 16.4 Å². The standard InChI is InChI=1S/C16H30N4O2S/c1-16(2,9-17)10-20(3)13(21)7-5-4-6-12-14-11(8-23-12)18-15(22)19-14/h11-12,14H,4-10,17H2,1-3H3,(H2,18,19,22)/t11-,12-,14-/m0/s1. The average Bonchev–Trinajstić information content (AvgIpc) is 3.02. The van der Waals surface area contributed by atoms with Gasteiger partial charge in [-0.2, -0.15) is 11.8 Å². The number of rotatable bonds is 8. The first-order valence-electron chi connectivity index (χ1n) is 8.45. The van der Waals surface area contributed by atoms with Crippen LogP contribution in [0.5, 0.6) is 0 Å². The lowest BCUT2D eigenvalue weighted by Crippen LogP contribution is -2.39. The Morgan fingerprint density at radius 1 is 1.39 bits per heavy atom. The van der Waals surface area contributed by atoms with E-state index in [1.54, 1.807) is 4.90 Å². The third-order valence-electron chi connectivity index (χ3n) is 4.71. The van der Waals surface area contributed by atoms with Crippen LogP contribution >= 0.6 is 11.8 Å². The number of fused-ring (bicyclic) bond motifs is 1. The summed E-state index contributed by atoms with van der Waals surface area (Å²) in [5, 5.41) is 6.44. The van der Waals surface area contributed by atoms with Crippen molar-refractivity contribution in [3.8, 4) is 0 Å². The highest BCUT2D eigenvalue weighted by Gasteiger charge is 2.42. The highest BCUT2D eigenvalue weighted by molar-refractivity contribution is 8.00. The topological polar surface area (TPSA) is 87.5 Å². The van der Waals surface area contributed by atoms with Gasteiger partial charge in [-0.05, 0) is 24.8 Å². The zero-order chi connectivity index (χ0) is 17.0. The minimum Gasteiger partial charge on any atom is -0.345 e. The monoisotopic (exact) mass is 342 g/mol. The normalized spacial score (nSPS) is 26.6. The molecule has 0 unspecified atom stereocenters. The Labute approximate surface area is 143 Å². The third-order valence-corrected chi connectivity index (χ3v) is 6.22. The Hall–Kier alpha value is -0.950. The van der Waals surface area contributed by atoms with E-state index in [4.69, 9.17) is 5.73 Å². The summed E-state index contributed by atoms with van der Waals surface area (Å²) in [6.45, 7) is 5.43. The van der Waals surface area contributed by atoms with Gasteiger partial charge >= 0.3 is 6.03 Å². The Morgan fingerprint density at radius 3 is 2.83 bits per heavy atom. The predicted octanol–water partition coefficient (Wildman–Crippen LogP) is 1.16. The number of nitrogens with two attached hydrogens (primary N) is 1. The molecule has 23 heavy (non-hydrogen) atoms. The SMILES string of the molecule is CN(CC(C)(C)CN)C(=O)CCCC[C@@H]1SC[C@@H]2NC(=O)N[C@@H]21. The first-order valence-corrected chi connectivity index (χ1v) is 9.50. The summed E-state index contributed by atoms with van der Waals surface area (Å²) < 4.78 is 0. The number of nitrogens with one attached hydrogen (secondary N) is 2. The van der Waals surface area contributed by atoms with Gasteiger partial charge in [0.2, 0.25) is 5.91 Å². The molecule has 2 heterocycles. The maximum Gasteiger partial charge on any atom is 0.315 e. The van der Waals surface area contributed by atoms with Gasteiger partial charge in [-0.3, -0.25) is 4.79 Å². The molecule has 2 aliphatic heterocycles. The lowest BCUT2D eigenvalue weighted by Gasteiger charge is -2.29. The van der Waals surface area contributed by atoms with E-state index < -0.39 is 0 Å². The van der Waals surface area contributed by atoms with E-state index in [1.807, 2.05) is 18.8 Å². The highest BCUT2D eigenvalue weighted by atomic mass is 32.2. The zero-order valence-electron chi connectivity index (χ0n) is 14.4. The number of hydrogen-bond donors (Lipinski definition) is 3. The van der Waals surface area contributed by atoms with Crippen LogP contribution in [0, 0.1) is 5.41 Å². The molecule has 132 valence electrons. The molecule has 0 aromatic heterocycles. The zero-order valence-corrected chi connectivity index (χ0v) is 15.2. The summed E-state index contributed by atoms with van der Waals surface area (Å²) in [6.07, 6.45) is 3.57. The van der Waals surface area contributed by atoms with Gasteiger partial charge in [0.05, 0.1) is 12.1 Å². The molecule has 0 aliphatic carbocycles. The number of carbonyl (C=O) groups excluding carboxylic acids is 2. The smallest absolute Gasteiger partial charge is 0.315 e. The molecule has 3 atom stereocenters. The molecule has 0 spiro atoms. The van der Waals surface area contributed by atoms with Crippen LogP contribution in [-0.4, -0.2) is 60.1 Å². The van der Waals surface area contributed by atoms with E-state index in [1.165, 1.54) is 0 Å². The van der Waals surface area contributed by atoms with Crippen LogP contribution in [0.15, 0.2) is 0 Å². The van der Waals surface area contributed by atoms with Gasteiger partial charge in [0, 0.05) is 31.0 Å². The van der Waals surface area contributed by atoms with Crippen molar-refractivity contribution < 1.29 is 9.59 Å². The Balaban J connectivity index is 1.63. The lowest BCUT2D eigenvalue weighted by atomic mass is 9.93. The fourth-order valence-electron chi connectivity index (χ4n) is 3.25. The van der Waals surface area contributed by atoms with Gasteiger partial charge in [0.1, 0.15) is 0 Å². The van der Waals surface area contributed by atoms with Crippen LogP contribution in [0.1, 0.15) is 39.5 Å². The molecule has 4 N–H and O–H groups in total. The van der Waals surface area contributed by atoms with Crippen molar-refractivity contribution in [3.05, 3.63) is 0 Å². The maximum absolute atomic E-state index is 12.2. The summed E-state index contributed by atoms with van der Waals surface area (Å²) >= 11 is 1.93. The fourth-order valence-corrected chi connectivity index (χ4v) is 4.79. The first-order chi connectivity index (χ1) is 10.8. The van der Waals surface area contributed by atoms with Crippen LogP contribution in [0.4, 0.5) is 4.79 Å². The molecular weight excluding hydrogens is 312 g/mol. The number of urea groups is 1. The quantitative estimate of drug-likeness (QED) is 0.456. The summed E-state index contributed by atoms with van der Waals surface area (Å²) in [5.74, 6) is 1.18. The third kappa shape index (κ3) is 5.01. The van der Waals surface area contributed by atoms with Crippen molar-refractivity contribution in [2.45, 2.75) is 56.9 Å². The van der Waals surface area contributed by atoms with E-state index in [0.29, 0.717) is 24.8 Å². The molecule has 0 saturated carbocycles. The van der Waals surface area contributed by atoms with Crippen molar-refractivity contribution in [1.29, 1.82) is 0 Å². The van der Waals surface area contributed by atoms with Crippen LogP contribution in [0.25, 0.3) is 0 Å². The summed E-state index contributed by atoms with van der Waals surface area (Å²) in [5.41, 5.74) is 5.69. The molecule has 7 heteroatoms. The Bertz CT molecular complexity index is 444. The Morgan fingerprint density at radius 2 is 2.13 bits per heavy atom. The number of carbonyl (C=O) groups is 2. The van der Waals surface area contributed by atoms with Crippen molar-refractivity contribution in [2.75, 3.05) is 25.9 Å². The summed E-state index contributed by atoms with van der Waals surface area (Å²) in [4.78, 5) is 25.3. The maximum atomic E-state index is 12.2. The molecule has 3 amide bonds. The van der Waals surface area contributed by atoms with Crippen molar-refractivity contribution in [3.63, 3.8) is 0 Å². The highest BCUT2D eigenvalue weighted by Crippen LogP contribution is 2.33. The van der Waals surface area contributed by atoms with Crippen molar-refractivity contribution in [1.82, 2.24) is 15.5 Å². The van der Waals surface area contributed by atoms with E-state index >= 15 is 0 Å². The molecule has 0 radical (unpaired) electrons. The minimum absolute atomic E-state index is 0.0341. The van der Waals surface area contributed by atoms with Gasteiger partial charge < -0.3 is 21.3 Å². The molecule has 0 bridgehead atoms. The van der Waals surface area contributed by atoms with Crippen molar-refractivity contribution >= 4 is 23.7 Å². The van der Waals surface area contributed by atoms with Crippen molar-refractivity contribution in [2.24, 2.45) is 11.1 Å². The largest absolute Gasteiger partial charge is 0.345 e. The molecular formula is C16H30N4O2S. The minimum atomic E-state index is -0.0374. The molecule has 2 saturated heterocycles. The number of nitrogens with zero attached hydrogens (tertiary/aromatic N) is 1. The summed E-state index contributed by atoms with van der Waals surface area (Å²) in [6, 6.07) is 0.504. The van der Waals surface area contributed by atoms with Gasteiger partial charge in [-0.1, -0.05) is 20.3 Å². The number of thioether (sulfide) groups is 1. The van der Waals surface area contributed by atoms with E-state index in [9.17, 15) is 9.59 Å². The first kappa shape index (κ1) is 18.4. The van der Waals surface area contributed by atoms with E-state index in [0.717, 1.165) is 25.0 Å². The lowest BCUT2D eigenvalue weighted by molar-refractivity contribution is -0.131. The van der Waals surface area contributed by atoms with Gasteiger partial charge in [-0.15, -0.1) is 0 Å². The number of unbranched alkanes of at least 4 members (excludes halogenated alkanes) is 1. The molecule has 2 aliphatic rings. The van der Waals surface area contributed by atoms with E-state index in [-0.39, 0.29) is 29.4 Å². The second kappa shape index (κ2) is 7.75. The molecule has 6 nitrogen and oxygen atoms in total. The molecule has 2 rings (SSSR count). The van der Waals surface area contributed by atoms with Gasteiger partial charge in [0.25, 0.3) is 0 Å². The predicted molar refractivity (Wildman–Crippen MR) is 94.4 cm³/mol. The number of hydrogen-bond acceptors (Lipinski definition) is 4. The van der Waals surface area contributed by atoms with Crippen LogP contribution in [0.3, 0.4) is 0 Å². The molecule has 0 aromatic carbocycles. The van der Waals surface area contributed by atoms with Gasteiger partial charge in [-0.25, -0.2) is 4.79 Å². The fraction of sp³-hybridized carbons (Fsp3) is 0.875. The molecule has 2 fully saturated rings. The van der Waals surface area contributed by atoms with Gasteiger partial charge in [0.15, 0.2) is 0 Å². The summed E-state index contributed by atoms with van der Waals surface area (Å²) in [7, 11) is 1.86. The van der Waals surface area contributed by atoms with Crippen LogP contribution in [-0.2, 0) is 4.79 Å². The Kier molecular flexibility index (Phi) is 6.19. The van der Waals surface area contributed by atoms with Crippen LogP contribution in [0.2, 0.25) is 0 Å². The average molecular weight is 343 g/mol.